The Morgan fingerprint density at radius 1 is 1.50 bits per heavy atom. The molecule has 0 saturated heterocycles. The second-order valence-corrected chi connectivity index (χ2v) is 2.77. The van der Waals surface area contributed by atoms with Crippen LogP contribution in [0.4, 0.5) is 0 Å². The third kappa shape index (κ3) is 2.05. The first-order valence-corrected chi connectivity index (χ1v) is 3.74. The highest BCUT2D eigenvalue weighted by Crippen LogP contribution is 2.06. The number of nitrogens with zero attached hydrogens (tertiary/aromatic N) is 1. The van der Waals surface area contributed by atoms with E-state index in [9.17, 15) is 4.79 Å². The van der Waals surface area contributed by atoms with Crippen LogP contribution in [0.5, 0.6) is 0 Å². The van der Waals surface area contributed by atoms with Gasteiger partial charge >= 0.3 is 5.97 Å². The van der Waals surface area contributed by atoms with Crippen LogP contribution in [0.2, 0.25) is 0 Å². The lowest BCUT2D eigenvalue weighted by Crippen LogP contribution is -2.03. The molecule has 0 bridgehead atoms. The van der Waals surface area contributed by atoms with Gasteiger partial charge in [-0.05, 0) is 25.5 Å². The summed E-state index contributed by atoms with van der Waals surface area (Å²) in [5, 5.41) is 8.53. The number of hydrogen-bond acceptors (Lipinski definition) is 2. The van der Waals surface area contributed by atoms with Crippen molar-refractivity contribution in [3.8, 4) is 0 Å². The van der Waals surface area contributed by atoms with Gasteiger partial charge in [-0.1, -0.05) is 6.07 Å². The number of aliphatic carboxylic acids is 1. The van der Waals surface area contributed by atoms with Crippen LogP contribution < -0.4 is 0 Å². The fourth-order valence-electron chi connectivity index (χ4n) is 1.07. The van der Waals surface area contributed by atoms with Crippen LogP contribution >= 0.6 is 0 Å². The van der Waals surface area contributed by atoms with Gasteiger partial charge in [0.15, 0.2) is 0 Å². The summed E-state index contributed by atoms with van der Waals surface area (Å²) < 4.78 is 0. The van der Waals surface area contributed by atoms with E-state index < -0.39 is 5.97 Å². The van der Waals surface area contributed by atoms with Crippen LogP contribution in [0.1, 0.15) is 17.0 Å². The molecule has 3 heteroatoms. The second-order valence-electron chi connectivity index (χ2n) is 2.77. The van der Waals surface area contributed by atoms with E-state index >= 15 is 0 Å². The zero-order valence-electron chi connectivity index (χ0n) is 7.16. The Labute approximate surface area is 71.1 Å². The minimum atomic E-state index is -0.816. The molecule has 0 aliphatic heterocycles. The number of carboxylic acid groups (broad SMARTS) is 1. The number of aromatic nitrogens is 1. The standard InChI is InChI=1S/C9H11NO2/c1-6-3-4-8(5-9(11)12)7(2)10-6/h3-4H,5H2,1-2H3,(H,11,12). The first kappa shape index (κ1) is 8.71. The fourth-order valence-corrected chi connectivity index (χ4v) is 1.07. The molecule has 12 heavy (non-hydrogen) atoms. The lowest BCUT2D eigenvalue weighted by molar-refractivity contribution is -0.136. The summed E-state index contributed by atoms with van der Waals surface area (Å²) in [5.41, 5.74) is 2.51. The molecule has 1 aromatic heterocycles. The molecule has 0 radical (unpaired) electrons. The molecule has 0 amide bonds. The average molecular weight is 165 g/mol. The summed E-state index contributed by atoms with van der Waals surface area (Å²) in [4.78, 5) is 14.5. The zero-order valence-corrected chi connectivity index (χ0v) is 7.16. The van der Waals surface area contributed by atoms with Crippen LogP contribution in [0.3, 0.4) is 0 Å². The van der Waals surface area contributed by atoms with Crippen molar-refractivity contribution < 1.29 is 9.90 Å². The summed E-state index contributed by atoms with van der Waals surface area (Å²) in [5.74, 6) is -0.816. The number of rotatable bonds is 2. The molecule has 0 aliphatic carbocycles. The SMILES string of the molecule is Cc1ccc(CC(=O)O)c(C)n1. The van der Waals surface area contributed by atoms with Gasteiger partial charge in [0.2, 0.25) is 0 Å². The molecule has 0 aliphatic rings. The minimum Gasteiger partial charge on any atom is -0.481 e. The van der Waals surface area contributed by atoms with Crippen LogP contribution in [0.15, 0.2) is 12.1 Å². The van der Waals surface area contributed by atoms with Gasteiger partial charge in [-0.25, -0.2) is 0 Å². The molecule has 1 heterocycles. The quantitative estimate of drug-likeness (QED) is 0.719. The minimum absolute atomic E-state index is 0.0547. The van der Waals surface area contributed by atoms with Crippen molar-refractivity contribution >= 4 is 5.97 Å². The van der Waals surface area contributed by atoms with Gasteiger partial charge in [0.25, 0.3) is 0 Å². The molecular weight excluding hydrogens is 154 g/mol. The van der Waals surface area contributed by atoms with E-state index in [2.05, 4.69) is 4.98 Å². The van der Waals surface area contributed by atoms with Gasteiger partial charge in [-0.15, -0.1) is 0 Å². The van der Waals surface area contributed by atoms with E-state index in [1.807, 2.05) is 26.0 Å². The Morgan fingerprint density at radius 3 is 2.67 bits per heavy atom. The fraction of sp³-hybridized carbons (Fsp3) is 0.333. The first-order chi connectivity index (χ1) is 5.59. The third-order valence-electron chi connectivity index (χ3n) is 1.68. The zero-order chi connectivity index (χ0) is 9.14. The highest BCUT2D eigenvalue weighted by Gasteiger charge is 2.03. The van der Waals surface area contributed by atoms with Gasteiger partial charge < -0.3 is 5.11 Å². The predicted octanol–water partition coefficient (Wildman–Crippen LogP) is 1.33. The summed E-state index contributed by atoms with van der Waals surface area (Å²) in [6.07, 6.45) is 0.0547. The Balaban J connectivity index is 2.93. The number of pyridine rings is 1. The van der Waals surface area contributed by atoms with Gasteiger partial charge in [0, 0.05) is 11.4 Å². The van der Waals surface area contributed by atoms with E-state index in [-0.39, 0.29) is 6.42 Å². The van der Waals surface area contributed by atoms with E-state index in [1.54, 1.807) is 0 Å². The van der Waals surface area contributed by atoms with Crippen molar-refractivity contribution in [1.82, 2.24) is 4.98 Å². The Morgan fingerprint density at radius 2 is 2.17 bits per heavy atom. The Kier molecular flexibility index (Phi) is 2.43. The van der Waals surface area contributed by atoms with E-state index in [0.717, 1.165) is 17.0 Å². The number of aryl methyl sites for hydroxylation is 2. The van der Waals surface area contributed by atoms with E-state index in [1.165, 1.54) is 0 Å². The highest BCUT2D eigenvalue weighted by molar-refractivity contribution is 5.70. The molecule has 0 spiro atoms. The smallest absolute Gasteiger partial charge is 0.307 e. The summed E-state index contributed by atoms with van der Waals surface area (Å²) >= 11 is 0. The molecule has 1 rings (SSSR count). The maximum Gasteiger partial charge on any atom is 0.307 e. The number of carboxylic acids is 1. The maximum atomic E-state index is 10.4. The topological polar surface area (TPSA) is 50.2 Å². The second kappa shape index (κ2) is 3.34. The van der Waals surface area contributed by atoms with Gasteiger partial charge in [-0.2, -0.15) is 0 Å². The molecule has 1 aromatic rings. The van der Waals surface area contributed by atoms with Crippen molar-refractivity contribution in [3.63, 3.8) is 0 Å². The molecule has 0 saturated carbocycles. The molecule has 0 fully saturated rings. The Bertz CT molecular complexity index is 307. The van der Waals surface area contributed by atoms with Crippen molar-refractivity contribution in [2.24, 2.45) is 0 Å². The molecule has 1 N–H and O–H groups in total. The Hall–Kier alpha value is -1.38. The lowest BCUT2D eigenvalue weighted by atomic mass is 10.1. The van der Waals surface area contributed by atoms with Crippen LogP contribution in [0.25, 0.3) is 0 Å². The number of hydrogen-bond donors (Lipinski definition) is 1. The van der Waals surface area contributed by atoms with Gasteiger partial charge in [0.1, 0.15) is 0 Å². The first-order valence-electron chi connectivity index (χ1n) is 3.74. The molecule has 0 atom stereocenters. The molecule has 0 aromatic carbocycles. The summed E-state index contributed by atoms with van der Waals surface area (Å²) in [7, 11) is 0. The summed E-state index contributed by atoms with van der Waals surface area (Å²) in [6.45, 7) is 3.71. The van der Waals surface area contributed by atoms with E-state index in [4.69, 9.17) is 5.11 Å². The van der Waals surface area contributed by atoms with E-state index in [0.29, 0.717) is 0 Å². The summed E-state index contributed by atoms with van der Waals surface area (Å²) in [6, 6.07) is 3.64. The van der Waals surface area contributed by atoms with Crippen molar-refractivity contribution in [3.05, 3.63) is 29.1 Å². The highest BCUT2D eigenvalue weighted by atomic mass is 16.4. The lowest BCUT2D eigenvalue weighted by Gasteiger charge is -2.01. The molecule has 64 valence electrons. The maximum absolute atomic E-state index is 10.4. The van der Waals surface area contributed by atoms with Crippen LogP contribution in [-0.2, 0) is 11.2 Å². The van der Waals surface area contributed by atoms with Crippen molar-refractivity contribution in [2.75, 3.05) is 0 Å². The average Bonchev–Trinajstić information content (AvgIpc) is 1.94. The largest absolute Gasteiger partial charge is 0.481 e. The molecule has 0 unspecified atom stereocenters. The normalized spacial score (nSPS) is 9.83. The van der Waals surface area contributed by atoms with Gasteiger partial charge in [-0.3, -0.25) is 9.78 Å². The van der Waals surface area contributed by atoms with Gasteiger partial charge in [0.05, 0.1) is 6.42 Å². The third-order valence-corrected chi connectivity index (χ3v) is 1.68. The number of carbonyl (C=O) groups is 1. The van der Waals surface area contributed by atoms with Crippen molar-refractivity contribution in [1.29, 1.82) is 0 Å². The molecular formula is C9H11NO2. The van der Waals surface area contributed by atoms with Crippen molar-refractivity contribution in [2.45, 2.75) is 20.3 Å². The molecule has 3 nitrogen and oxygen atoms in total. The van der Waals surface area contributed by atoms with Crippen LogP contribution in [-0.4, -0.2) is 16.1 Å². The van der Waals surface area contributed by atoms with Crippen LogP contribution in [0, 0.1) is 13.8 Å². The predicted molar refractivity (Wildman–Crippen MR) is 45.1 cm³/mol. The monoisotopic (exact) mass is 165 g/mol.